The lowest BCUT2D eigenvalue weighted by molar-refractivity contribution is -0.133. The number of aromatic amines is 1. The molecular weight excluding hydrogens is 416 g/mol. The molecule has 7 heteroatoms. The topological polar surface area (TPSA) is 87.3 Å². The number of benzene rings is 2. The summed E-state index contributed by atoms with van der Waals surface area (Å²) >= 11 is 0. The number of para-hydroxylation sites is 2. The average molecular weight is 449 g/mol. The van der Waals surface area contributed by atoms with Crippen molar-refractivity contribution in [2.75, 3.05) is 25.5 Å². The van der Waals surface area contributed by atoms with E-state index in [0.29, 0.717) is 25.2 Å². The van der Waals surface area contributed by atoms with Crippen LogP contribution >= 0.6 is 0 Å². The highest BCUT2D eigenvalue weighted by atomic mass is 16.5. The van der Waals surface area contributed by atoms with Crippen molar-refractivity contribution in [3.63, 3.8) is 0 Å². The number of imidazole rings is 1. The summed E-state index contributed by atoms with van der Waals surface area (Å²) in [5, 5.41) is 3.00. The molecule has 0 bridgehead atoms. The van der Waals surface area contributed by atoms with Gasteiger partial charge in [0, 0.05) is 38.0 Å². The first-order chi connectivity index (χ1) is 16.0. The highest BCUT2D eigenvalue weighted by Crippen LogP contribution is 2.24. The molecule has 0 aliphatic carbocycles. The van der Waals surface area contributed by atoms with Gasteiger partial charge in [0.15, 0.2) is 0 Å². The molecule has 1 saturated heterocycles. The van der Waals surface area contributed by atoms with Gasteiger partial charge in [-0.15, -0.1) is 0 Å². The first-order valence-electron chi connectivity index (χ1n) is 11.7. The lowest BCUT2D eigenvalue weighted by Gasteiger charge is -2.33. The first-order valence-corrected chi connectivity index (χ1v) is 11.7. The maximum absolute atomic E-state index is 12.8. The molecule has 1 aliphatic rings. The standard InChI is InChI=1S/C26H32N4O3/c1-18-16-20(33-2)10-11-21(18)29-25(31)13-9-19-6-5-15-30(17-19)26(32)14-12-24-27-22-7-3-4-8-23(22)28-24/h3-4,7-8,10-11,16,19H,5-6,9,12-15,17H2,1-2H3,(H,27,28)(H,29,31). The Morgan fingerprint density at radius 1 is 1.21 bits per heavy atom. The van der Waals surface area contributed by atoms with Crippen molar-refractivity contribution < 1.29 is 14.3 Å². The summed E-state index contributed by atoms with van der Waals surface area (Å²) in [6.45, 7) is 3.48. The fraction of sp³-hybridized carbons (Fsp3) is 0.423. The molecule has 1 unspecified atom stereocenters. The van der Waals surface area contributed by atoms with Crippen molar-refractivity contribution in [3.8, 4) is 5.75 Å². The zero-order valence-electron chi connectivity index (χ0n) is 19.4. The molecule has 1 atom stereocenters. The monoisotopic (exact) mass is 448 g/mol. The molecule has 2 heterocycles. The van der Waals surface area contributed by atoms with Crippen LogP contribution in [-0.4, -0.2) is 46.9 Å². The molecular formula is C26H32N4O3. The molecule has 0 radical (unpaired) electrons. The number of nitrogens with one attached hydrogen (secondary N) is 2. The predicted octanol–water partition coefficient (Wildman–Crippen LogP) is 4.47. The number of carbonyl (C=O) groups is 2. The number of amides is 2. The number of aromatic nitrogens is 2. The number of fused-ring (bicyclic) bond motifs is 1. The number of likely N-dealkylation sites (tertiary alicyclic amines) is 1. The van der Waals surface area contributed by atoms with E-state index in [9.17, 15) is 9.59 Å². The normalized spacial score (nSPS) is 16.1. The number of H-pyrrole nitrogens is 1. The number of nitrogens with zero attached hydrogens (tertiary/aromatic N) is 2. The second-order valence-electron chi connectivity index (χ2n) is 8.82. The fourth-order valence-corrected chi connectivity index (χ4v) is 4.49. The second-order valence-corrected chi connectivity index (χ2v) is 8.82. The van der Waals surface area contributed by atoms with Gasteiger partial charge in [-0.2, -0.15) is 0 Å². The Hall–Kier alpha value is -3.35. The zero-order chi connectivity index (χ0) is 23.2. The van der Waals surface area contributed by atoms with Crippen molar-refractivity contribution in [3.05, 3.63) is 53.9 Å². The minimum Gasteiger partial charge on any atom is -0.497 e. The summed E-state index contributed by atoms with van der Waals surface area (Å²) in [6.07, 6.45) is 4.34. The van der Waals surface area contributed by atoms with E-state index >= 15 is 0 Å². The third-order valence-electron chi connectivity index (χ3n) is 6.37. The van der Waals surface area contributed by atoms with Crippen molar-refractivity contribution in [2.45, 2.75) is 45.4 Å². The smallest absolute Gasteiger partial charge is 0.224 e. The van der Waals surface area contributed by atoms with Crippen molar-refractivity contribution in [1.82, 2.24) is 14.9 Å². The SMILES string of the molecule is COc1ccc(NC(=O)CCC2CCCN(C(=O)CCc3nc4ccccc4[nH]3)C2)c(C)c1. The molecule has 0 saturated carbocycles. The molecule has 2 amide bonds. The Balaban J connectivity index is 1.23. The Morgan fingerprint density at radius 2 is 2.06 bits per heavy atom. The number of ether oxygens (including phenoxy) is 1. The number of hydrogen-bond donors (Lipinski definition) is 2. The van der Waals surface area contributed by atoms with Gasteiger partial charge >= 0.3 is 0 Å². The minimum absolute atomic E-state index is 0.0107. The number of carbonyl (C=O) groups excluding carboxylic acids is 2. The van der Waals surface area contributed by atoms with E-state index in [-0.39, 0.29) is 11.8 Å². The number of methoxy groups -OCH3 is 1. The third kappa shape index (κ3) is 5.92. The highest BCUT2D eigenvalue weighted by molar-refractivity contribution is 5.91. The molecule has 2 aromatic carbocycles. The Kier molecular flexibility index (Phi) is 7.27. The third-order valence-corrected chi connectivity index (χ3v) is 6.37. The average Bonchev–Trinajstić information content (AvgIpc) is 3.26. The van der Waals surface area contributed by atoms with Crippen molar-refractivity contribution in [1.29, 1.82) is 0 Å². The van der Waals surface area contributed by atoms with Gasteiger partial charge in [0.05, 0.1) is 18.1 Å². The van der Waals surface area contributed by atoms with E-state index in [1.165, 1.54) is 0 Å². The molecule has 7 nitrogen and oxygen atoms in total. The molecule has 1 aliphatic heterocycles. The second kappa shape index (κ2) is 10.5. The quantitative estimate of drug-likeness (QED) is 0.532. The zero-order valence-corrected chi connectivity index (χ0v) is 19.4. The van der Waals surface area contributed by atoms with E-state index < -0.39 is 0 Å². The lowest BCUT2D eigenvalue weighted by atomic mass is 9.93. The summed E-state index contributed by atoms with van der Waals surface area (Å²) in [4.78, 5) is 35.1. The van der Waals surface area contributed by atoms with Gasteiger partial charge < -0.3 is 19.9 Å². The largest absolute Gasteiger partial charge is 0.497 e. The number of rotatable bonds is 8. The lowest BCUT2D eigenvalue weighted by Crippen LogP contribution is -2.40. The Morgan fingerprint density at radius 3 is 2.85 bits per heavy atom. The number of piperidine rings is 1. The highest BCUT2D eigenvalue weighted by Gasteiger charge is 2.24. The van der Waals surface area contributed by atoms with Gasteiger partial charge in [-0.3, -0.25) is 9.59 Å². The van der Waals surface area contributed by atoms with E-state index in [2.05, 4.69) is 15.3 Å². The molecule has 1 fully saturated rings. The van der Waals surface area contributed by atoms with Crippen LogP contribution in [0.15, 0.2) is 42.5 Å². The summed E-state index contributed by atoms with van der Waals surface area (Å²) < 4.78 is 5.22. The maximum Gasteiger partial charge on any atom is 0.224 e. The van der Waals surface area contributed by atoms with Gasteiger partial charge in [-0.05, 0) is 68.0 Å². The van der Waals surface area contributed by atoms with Crippen molar-refractivity contribution >= 4 is 28.5 Å². The fourth-order valence-electron chi connectivity index (χ4n) is 4.49. The van der Waals surface area contributed by atoms with E-state index in [1.54, 1.807) is 7.11 Å². The van der Waals surface area contributed by atoms with E-state index in [0.717, 1.165) is 66.2 Å². The predicted molar refractivity (Wildman–Crippen MR) is 129 cm³/mol. The molecule has 2 N–H and O–H groups in total. The van der Waals surface area contributed by atoms with Crippen LogP contribution in [0.1, 0.15) is 43.5 Å². The van der Waals surface area contributed by atoms with Crippen LogP contribution in [0.2, 0.25) is 0 Å². The molecule has 3 aromatic rings. The van der Waals surface area contributed by atoms with Crippen molar-refractivity contribution in [2.24, 2.45) is 5.92 Å². The van der Waals surface area contributed by atoms with Gasteiger partial charge in [0.1, 0.15) is 11.6 Å². The van der Waals surface area contributed by atoms with Crippen LogP contribution in [0.25, 0.3) is 11.0 Å². The molecule has 4 rings (SSSR count). The Bertz CT molecular complexity index is 1090. The number of hydrogen-bond acceptors (Lipinski definition) is 4. The summed E-state index contributed by atoms with van der Waals surface area (Å²) in [7, 11) is 1.63. The molecule has 1 aromatic heterocycles. The first kappa shape index (κ1) is 22.8. The summed E-state index contributed by atoms with van der Waals surface area (Å²) in [5.41, 5.74) is 3.72. The van der Waals surface area contributed by atoms with Crippen LogP contribution in [0.4, 0.5) is 5.69 Å². The molecule has 174 valence electrons. The molecule has 0 spiro atoms. The van der Waals surface area contributed by atoms with Gasteiger partial charge in [-0.25, -0.2) is 4.98 Å². The van der Waals surface area contributed by atoms with Crippen LogP contribution < -0.4 is 10.1 Å². The van der Waals surface area contributed by atoms with Crippen LogP contribution in [0, 0.1) is 12.8 Å². The van der Waals surface area contributed by atoms with Gasteiger partial charge in [0.25, 0.3) is 0 Å². The minimum atomic E-state index is 0.0107. The van der Waals surface area contributed by atoms with E-state index in [1.807, 2.05) is 54.3 Å². The summed E-state index contributed by atoms with van der Waals surface area (Å²) in [5.74, 6) is 2.16. The molecule has 33 heavy (non-hydrogen) atoms. The van der Waals surface area contributed by atoms with Gasteiger partial charge in [0.2, 0.25) is 11.8 Å². The number of anilines is 1. The van der Waals surface area contributed by atoms with Crippen LogP contribution in [0.5, 0.6) is 5.75 Å². The summed E-state index contributed by atoms with van der Waals surface area (Å²) in [6, 6.07) is 13.5. The van der Waals surface area contributed by atoms with Crippen LogP contribution in [-0.2, 0) is 16.0 Å². The Labute approximate surface area is 194 Å². The maximum atomic E-state index is 12.8. The van der Waals surface area contributed by atoms with Crippen LogP contribution in [0.3, 0.4) is 0 Å². The number of aryl methyl sites for hydroxylation is 2. The van der Waals surface area contributed by atoms with E-state index in [4.69, 9.17) is 4.74 Å². The van der Waals surface area contributed by atoms with Gasteiger partial charge in [-0.1, -0.05) is 12.1 Å².